The van der Waals surface area contributed by atoms with Gasteiger partial charge in [-0.15, -0.1) is 11.8 Å². The summed E-state index contributed by atoms with van der Waals surface area (Å²) in [4.78, 5) is 1.37. The van der Waals surface area contributed by atoms with Crippen molar-refractivity contribution in [1.82, 2.24) is 0 Å². The maximum absolute atomic E-state index is 8.99. The zero-order chi connectivity index (χ0) is 14.8. The Morgan fingerprint density at radius 2 is 1.95 bits per heavy atom. The molecule has 3 heteroatoms. The number of benzene rings is 2. The van der Waals surface area contributed by atoms with Crippen LogP contribution in [-0.2, 0) is 6.42 Å². The first-order chi connectivity index (χ1) is 10.2. The van der Waals surface area contributed by atoms with Gasteiger partial charge in [0.1, 0.15) is 12.4 Å². The summed E-state index contributed by atoms with van der Waals surface area (Å²) in [6.07, 6.45) is 1.06. The molecule has 0 spiro atoms. The molecule has 2 nitrogen and oxygen atoms in total. The van der Waals surface area contributed by atoms with Gasteiger partial charge in [-0.1, -0.05) is 18.2 Å². The highest BCUT2D eigenvalue weighted by molar-refractivity contribution is 8.00. The predicted octanol–water partition coefficient (Wildman–Crippen LogP) is 4.27. The smallest absolute Gasteiger partial charge is 0.125 e. The summed E-state index contributed by atoms with van der Waals surface area (Å²) < 4.78 is 6.05. The number of hydrogen-bond acceptors (Lipinski definition) is 3. The van der Waals surface area contributed by atoms with E-state index in [9.17, 15) is 0 Å². The Bertz CT molecular complexity index is 669. The van der Waals surface area contributed by atoms with Crippen molar-refractivity contribution in [2.45, 2.75) is 30.4 Å². The lowest BCUT2D eigenvalue weighted by Gasteiger charge is -2.15. The summed E-state index contributed by atoms with van der Waals surface area (Å²) in [7, 11) is 0. The molecule has 0 amide bonds. The Kier molecular flexibility index (Phi) is 3.90. The summed E-state index contributed by atoms with van der Waals surface area (Å²) >= 11 is 1.90. The fourth-order valence-electron chi connectivity index (χ4n) is 2.77. The fraction of sp³-hybridized carbons (Fsp3) is 0.278. The molecule has 0 N–H and O–H groups in total. The number of thioether (sulfide) groups is 1. The topological polar surface area (TPSA) is 33.0 Å². The van der Waals surface area contributed by atoms with Crippen LogP contribution in [0.5, 0.6) is 5.75 Å². The first-order valence-electron chi connectivity index (χ1n) is 7.06. The normalized spacial score (nSPS) is 16.3. The molecule has 1 atom stereocenters. The molecule has 2 aromatic carbocycles. The standard InChI is InChI=1S/C18H17NOS/c1-12-7-14(10-19)8-13(2)18(12)20-11-16-9-15-5-3-4-6-17(15)21-16/h3-8,16H,9,11H2,1-2H3. The van der Waals surface area contributed by atoms with E-state index in [-0.39, 0.29) is 0 Å². The molecule has 0 bridgehead atoms. The van der Waals surface area contributed by atoms with Crippen molar-refractivity contribution in [3.63, 3.8) is 0 Å². The molecule has 0 aromatic heterocycles. The summed E-state index contributed by atoms with van der Waals surface area (Å²) in [5.74, 6) is 0.922. The molecule has 0 saturated carbocycles. The van der Waals surface area contributed by atoms with Gasteiger partial charge in [-0.25, -0.2) is 0 Å². The lowest BCUT2D eigenvalue weighted by molar-refractivity contribution is 0.313. The molecule has 1 unspecified atom stereocenters. The molecule has 0 fully saturated rings. The summed E-state index contributed by atoms with van der Waals surface area (Å²) in [5, 5.41) is 9.46. The molecule has 0 radical (unpaired) electrons. The number of nitriles is 1. The highest BCUT2D eigenvalue weighted by Gasteiger charge is 2.22. The Morgan fingerprint density at radius 3 is 2.62 bits per heavy atom. The molecule has 3 rings (SSSR count). The highest BCUT2D eigenvalue weighted by atomic mass is 32.2. The number of hydrogen-bond donors (Lipinski definition) is 0. The van der Waals surface area contributed by atoms with Crippen LogP contribution in [0, 0.1) is 25.2 Å². The second kappa shape index (κ2) is 5.83. The molecule has 1 heterocycles. The van der Waals surface area contributed by atoms with Crippen molar-refractivity contribution in [2.75, 3.05) is 6.61 Å². The van der Waals surface area contributed by atoms with Gasteiger partial charge in [0.05, 0.1) is 11.6 Å². The minimum Gasteiger partial charge on any atom is -0.492 e. The van der Waals surface area contributed by atoms with Crippen molar-refractivity contribution < 1.29 is 4.74 Å². The zero-order valence-corrected chi connectivity index (χ0v) is 13.0. The van der Waals surface area contributed by atoms with Crippen molar-refractivity contribution in [2.24, 2.45) is 0 Å². The van der Waals surface area contributed by atoms with E-state index in [4.69, 9.17) is 10.00 Å². The van der Waals surface area contributed by atoms with Gasteiger partial charge in [0.25, 0.3) is 0 Å². The van der Waals surface area contributed by atoms with Crippen LogP contribution in [0.15, 0.2) is 41.3 Å². The number of nitrogens with zero attached hydrogens (tertiary/aromatic N) is 1. The van der Waals surface area contributed by atoms with Crippen LogP contribution >= 0.6 is 11.8 Å². The third-order valence-electron chi connectivity index (χ3n) is 3.72. The van der Waals surface area contributed by atoms with Gasteiger partial charge in [0, 0.05) is 10.1 Å². The third-order valence-corrected chi connectivity index (χ3v) is 5.01. The molecule has 1 aliphatic rings. The first-order valence-corrected chi connectivity index (χ1v) is 7.94. The first kappa shape index (κ1) is 14.0. The minimum atomic E-state index is 0.469. The van der Waals surface area contributed by atoms with Gasteiger partial charge in [-0.05, 0) is 55.2 Å². The molecule has 21 heavy (non-hydrogen) atoms. The van der Waals surface area contributed by atoms with Crippen LogP contribution in [0.2, 0.25) is 0 Å². The Labute approximate surface area is 129 Å². The quantitative estimate of drug-likeness (QED) is 0.847. The molecular formula is C18H17NOS. The van der Waals surface area contributed by atoms with Gasteiger partial charge in [-0.2, -0.15) is 5.26 Å². The van der Waals surface area contributed by atoms with E-state index >= 15 is 0 Å². The lowest BCUT2D eigenvalue weighted by Crippen LogP contribution is -2.14. The van der Waals surface area contributed by atoms with Gasteiger partial charge >= 0.3 is 0 Å². The van der Waals surface area contributed by atoms with E-state index in [1.54, 1.807) is 0 Å². The van der Waals surface area contributed by atoms with E-state index in [0.717, 1.165) is 23.3 Å². The van der Waals surface area contributed by atoms with Gasteiger partial charge in [-0.3, -0.25) is 0 Å². The average Bonchev–Trinajstić information content (AvgIpc) is 2.88. The molecule has 2 aromatic rings. The average molecular weight is 295 g/mol. The highest BCUT2D eigenvalue weighted by Crippen LogP contribution is 2.37. The van der Waals surface area contributed by atoms with E-state index in [1.165, 1.54) is 10.5 Å². The summed E-state index contributed by atoms with van der Waals surface area (Å²) in [6.45, 7) is 4.70. The van der Waals surface area contributed by atoms with Crippen LogP contribution < -0.4 is 4.74 Å². The van der Waals surface area contributed by atoms with E-state index in [2.05, 4.69) is 30.3 Å². The van der Waals surface area contributed by atoms with E-state index in [1.807, 2.05) is 37.7 Å². The Morgan fingerprint density at radius 1 is 1.24 bits per heavy atom. The second-order valence-electron chi connectivity index (χ2n) is 5.41. The summed E-state index contributed by atoms with van der Waals surface area (Å²) in [5.41, 5.74) is 4.18. The van der Waals surface area contributed by atoms with Crippen molar-refractivity contribution in [3.05, 3.63) is 58.7 Å². The van der Waals surface area contributed by atoms with Crippen LogP contribution in [0.25, 0.3) is 0 Å². The van der Waals surface area contributed by atoms with Gasteiger partial charge in [0.2, 0.25) is 0 Å². The van der Waals surface area contributed by atoms with Crippen LogP contribution in [-0.4, -0.2) is 11.9 Å². The Balaban J connectivity index is 1.69. The van der Waals surface area contributed by atoms with E-state index in [0.29, 0.717) is 17.4 Å². The third kappa shape index (κ3) is 2.91. The van der Waals surface area contributed by atoms with Crippen LogP contribution in [0.1, 0.15) is 22.3 Å². The number of fused-ring (bicyclic) bond motifs is 1. The van der Waals surface area contributed by atoms with Crippen LogP contribution in [0.4, 0.5) is 0 Å². The number of aryl methyl sites for hydroxylation is 2. The van der Waals surface area contributed by atoms with E-state index < -0.39 is 0 Å². The van der Waals surface area contributed by atoms with Crippen molar-refractivity contribution in [3.8, 4) is 11.8 Å². The van der Waals surface area contributed by atoms with Gasteiger partial charge in [0.15, 0.2) is 0 Å². The minimum absolute atomic E-state index is 0.469. The SMILES string of the molecule is Cc1cc(C#N)cc(C)c1OCC1Cc2ccccc2S1. The number of ether oxygens (including phenoxy) is 1. The molecule has 106 valence electrons. The molecule has 0 saturated heterocycles. The second-order valence-corrected chi connectivity index (χ2v) is 6.76. The number of rotatable bonds is 3. The monoisotopic (exact) mass is 295 g/mol. The molecule has 0 aliphatic carbocycles. The Hall–Kier alpha value is -1.92. The lowest BCUT2D eigenvalue weighted by atomic mass is 10.1. The molecule has 1 aliphatic heterocycles. The molecular weight excluding hydrogens is 278 g/mol. The predicted molar refractivity (Wildman–Crippen MR) is 85.9 cm³/mol. The summed E-state index contributed by atoms with van der Waals surface area (Å²) in [6, 6.07) is 14.5. The fourth-order valence-corrected chi connectivity index (χ4v) is 3.98. The van der Waals surface area contributed by atoms with Crippen molar-refractivity contribution in [1.29, 1.82) is 5.26 Å². The maximum atomic E-state index is 8.99. The zero-order valence-electron chi connectivity index (χ0n) is 12.2. The van der Waals surface area contributed by atoms with Crippen LogP contribution in [0.3, 0.4) is 0 Å². The maximum Gasteiger partial charge on any atom is 0.125 e. The van der Waals surface area contributed by atoms with Gasteiger partial charge < -0.3 is 4.74 Å². The van der Waals surface area contributed by atoms with Crippen molar-refractivity contribution >= 4 is 11.8 Å². The largest absolute Gasteiger partial charge is 0.492 e.